The Morgan fingerprint density at radius 1 is 1.38 bits per heavy atom. The molecular formula is C17H34N4O3S2. The predicted molar refractivity (Wildman–Crippen MR) is 110 cm³/mol. The molecule has 2 fully saturated rings. The van der Waals surface area contributed by atoms with E-state index in [-0.39, 0.29) is 17.3 Å². The molecule has 0 amide bonds. The summed E-state index contributed by atoms with van der Waals surface area (Å²) in [6.07, 6.45) is 3.01. The third-order valence-electron chi connectivity index (χ3n) is 4.94. The Kier molecular flexibility index (Phi) is 8.50. The summed E-state index contributed by atoms with van der Waals surface area (Å²) in [6, 6.07) is 0.0554. The Hall–Kier alpha value is -0.510. The van der Waals surface area contributed by atoms with Crippen LogP contribution in [-0.4, -0.2) is 93.8 Å². The van der Waals surface area contributed by atoms with Gasteiger partial charge in [-0.25, -0.2) is 8.42 Å². The summed E-state index contributed by atoms with van der Waals surface area (Å²) in [7, 11) is -2.94. The molecule has 26 heavy (non-hydrogen) atoms. The van der Waals surface area contributed by atoms with E-state index in [9.17, 15) is 8.42 Å². The van der Waals surface area contributed by atoms with Crippen LogP contribution < -0.4 is 10.6 Å². The van der Waals surface area contributed by atoms with E-state index < -0.39 is 9.84 Å². The molecule has 0 bridgehead atoms. The molecule has 0 aromatic rings. The van der Waals surface area contributed by atoms with Crippen molar-refractivity contribution in [2.24, 2.45) is 4.99 Å². The Morgan fingerprint density at radius 3 is 2.69 bits per heavy atom. The smallest absolute Gasteiger partial charge is 0.191 e. The van der Waals surface area contributed by atoms with Gasteiger partial charge in [-0.15, -0.1) is 0 Å². The molecule has 152 valence electrons. The topological polar surface area (TPSA) is 83.0 Å². The molecule has 2 rings (SSSR count). The molecule has 0 spiro atoms. The second kappa shape index (κ2) is 10.1. The molecule has 2 atom stereocenters. The molecule has 2 heterocycles. The van der Waals surface area contributed by atoms with Crippen LogP contribution in [0.3, 0.4) is 0 Å². The van der Waals surface area contributed by atoms with Gasteiger partial charge in [-0.1, -0.05) is 0 Å². The Labute approximate surface area is 162 Å². The highest BCUT2D eigenvalue weighted by atomic mass is 32.2. The molecule has 2 saturated heterocycles. The van der Waals surface area contributed by atoms with Crippen LogP contribution in [0.4, 0.5) is 0 Å². The van der Waals surface area contributed by atoms with Gasteiger partial charge in [-0.2, -0.15) is 11.8 Å². The van der Waals surface area contributed by atoms with Crippen LogP contribution in [0.1, 0.15) is 26.7 Å². The van der Waals surface area contributed by atoms with Crippen molar-refractivity contribution < 1.29 is 13.2 Å². The van der Waals surface area contributed by atoms with Crippen molar-refractivity contribution in [3.63, 3.8) is 0 Å². The summed E-state index contributed by atoms with van der Waals surface area (Å²) in [6.45, 7) is 9.14. The van der Waals surface area contributed by atoms with E-state index in [2.05, 4.69) is 15.5 Å². The number of nitrogens with zero attached hydrogens (tertiary/aromatic N) is 2. The van der Waals surface area contributed by atoms with Gasteiger partial charge in [0.1, 0.15) is 9.84 Å². The van der Waals surface area contributed by atoms with Crippen molar-refractivity contribution in [3.05, 3.63) is 0 Å². The summed E-state index contributed by atoms with van der Waals surface area (Å²) in [4.78, 5) is 7.43. The van der Waals surface area contributed by atoms with Crippen LogP contribution in [-0.2, 0) is 14.6 Å². The number of sulfone groups is 1. The van der Waals surface area contributed by atoms with Gasteiger partial charge in [-0.3, -0.25) is 9.89 Å². The van der Waals surface area contributed by atoms with E-state index in [4.69, 9.17) is 9.73 Å². The minimum absolute atomic E-state index is 0.0554. The molecule has 7 nitrogen and oxygen atoms in total. The summed E-state index contributed by atoms with van der Waals surface area (Å²) in [5.41, 5.74) is 0.118. The van der Waals surface area contributed by atoms with Crippen LogP contribution in [0.15, 0.2) is 4.99 Å². The first-order chi connectivity index (χ1) is 12.3. The van der Waals surface area contributed by atoms with Crippen LogP contribution in [0.25, 0.3) is 0 Å². The Morgan fingerprint density at radius 2 is 2.12 bits per heavy atom. The molecule has 0 aliphatic carbocycles. The molecular weight excluding hydrogens is 372 g/mol. The number of hydrogen-bond donors (Lipinski definition) is 2. The second-order valence-corrected chi connectivity index (χ2v) is 10.7. The fraction of sp³-hybridized carbons (Fsp3) is 0.941. The third-order valence-corrected chi connectivity index (χ3v) is 7.16. The van der Waals surface area contributed by atoms with Crippen molar-refractivity contribution >= 4 is 27.6 Å². The first-order valence-corrected chi connectivity index (χ1v) is 12.7. The lowest BCUT2D eigenvalue weighted by molar-refractivity contribution is -0.0104. The molecule has 2 aliphatic rings. The lowest BCUT2D eigenvalue weighted by Crippen LogP contribution is -2.56. The Balaban J connectivity index is 1.99. The molecule has 9 heteroatoms. The highest BCUT2D eigenvalue weighted by Gasteiger charge is 2.40. The van der Waals surface area contributed by atoms with Gasteiger partial charge in [0.2, 0.25) is 0 Å². The lowest BCUT2D eigenvalue weighted by Gasteiger charge is -2.42. The van der Waals surface area contributed by atoms with Crippen LogP contribution in [0.5, 0.6) is 0 Å². The van der Waals surface area contributed by atoms with E-state index in [0.29, 0.717) is 6.42 Å². The summed E-state index contributed by atoms with van der Waals surface area (Å²) in [5, 5.41) is 6.65. The van der Waals surface area contributed by atoms with Gasteiger partial charge in [-0.05, 0) is 32.4 Å². The van der Waals surface area contributed by atoms with Gasteiger partial charge >= 0.3 is 0 Å². The van der Waals surface area contributed by atoms with Crippen molar-refractivity contribution in [2.75, 3.05) is 62.9 Å². The molecule has 2 aliphatic heterocycles. The lowest BCUT2D eigenvalue weighted by atomic mass is 9.96. The molecule has 0 radical (unpaired) electrons. The maximum atomic E-state index is 11.4. The average Bonchev–Trinajstić information content (AvgIpc) is 3.09. The maximum Gasteiger partial charge on any atom is 0.191 e. The number of hydrogen-bond acceptors (Lipinski definition) is 6. The number of morpholine rings is 1. The predicted octanol–water partition coefficient (Wildman–Crippen LogP) is 0.573. The zero-order valence-electron chi connectivity index (χ0n) is 16.3. The number of nitrogens with one attached hydrogen (secondary N) is 2. The monoisotopic (exact) mass is 406 g/mol. The molecule has 0 aromatic heterocycles. The number of rotatable bonds is 8. The van der Waals surface area contributed by atoms with Gasteiger partial charge < -0.3 is 15.4 Å². The first kappa shape index (κ1) is 21.8. The van der Waals surface area contributed by atoms with E-state index in [0.717, 1.165) is 57.5 Å². The van der Waals surface area contributed by atoms with Gasteiger partial charge in [0.25, 0.3) is 0 Å². The quantitative estimate of drug-likeness (QED) is 0.450. The number of guanidine groups is 1. The summed E-state index contributed by atoms with van der Waals surface area (Å²) in [5.74, 6) is 3.26. The van der Waals surface area contributed by atoms with Gasteiger partial charge in [0, 0.05) is 37.7 Å². The normalized spacial score (nSPS) is 26.7. The molecule has 0 aromatic carbocycles. The summed E-state index contributed by atoms with van der Waals surface area (Å²) >= 11 is 2.01. The maximum absolute atomic E-state index is 11.4. The van der Waals surface area contributed by atoms with Crippen molar-refractivity contribution in [1.29, 1.82) is 0 Å². The van der Waals surface area contributed by atoms with Crippen molar-refractivity contribution in [2.45, 2.75) is 38.3 Å². The fourth-order valence-electron chi connectivity index (χ4n) is 3.35. The zero-order chi connectivity index (χ0) is 19.0. The van der Waals surface area contributed by atoms with Gasteiger partial charge in [0.15, 0.2) is 5.96 Å². The number of aliphatic imine (C=N–C) groups is 1. The molecule has 0 saturated carbocycles. The first-order valence-electron chi connectivity index (χ1n) is 9.48. The number of thioether (sulfide) groups is 1. The minimum atomic E-state index is -2.94. The van der Waals surface area contributed by atoms with E-state index in [1.165, 1.54) is 12.0 Å². The zero-order valence-corrected chi connectivity index (χ0v) is 17.9. The van der Waals surface area contributed by atoms with Crippen LogP contribution in [0.2, 0.25) is 0 Å². The third kappa shape index (κ3) is 6.90. The highest BCUT2D eigenvalue weighted by Crippen LogP contribution is 2.34. The highest BCUT2D eigenvalue weighted by molar-refractivity contribution is 7.99. The van der Waals surface area contributed by atoms with Crippen molar-refractivity contribution in [3.8, 4) is 0 Å². The molecule has 2 unspecified atom stereocenters. The summed E-state index contributed by atoms with van der Waals surface area (Å²) < 4.78 is 28.3. The van der Waals surface area contributed by atoms with E-state index in [1.54, 1.807) is 0 Å². The molecule has 2 N–H and O–H groups in total. The standard InChI is InChI=1S/C17H34N4O3S2/c1-4-18-16(20-15(2)5-12-26(3,22)23)19-13-17(6-11-25-14-17)21-7-9-24-10-8-21/h15H,4-14H2,1-3H3,(H2,18,19,20). The Bertz CT molecular complexity index is 556. The van der Waals surface area contributed by atoms with E-state index >= 15 is 0 Å². The van der Waals surface area contributed by atoms with Crippen molar-refractivity contribution in [1.82, 2.24) is 15.5 Å². The average molecular weight is 407 g/mol. The van der Waals surface area contributed by atoms with E-state index in [1.807, 2.05) is 25.6 Å². The largest absolute Gasteiger partial charge is 0.379 e. The van der Waals surface area contributed by atoms with Crippen LogP contribution in [0, 0.1) is 0 Å². The fourth-order valence-corrected chi connectivity index (χ4v) is 5.60. The number of ether oxygens (including phenoxy) is 1. The second-order valence-electron chi connectivity index (χ2n) is 7.29. The minimum Gasteiger partial charge on any atom is -0.379 e. The van der Waals surface area contributed by atoms with Gasteiger partial charge in [0.05, 0.1) is 31.1 Å². The SMILES string of the molecule is CCNC(=NCC1(N2CCOCC2)CCSC1)NC(C)CCS(C)(=O)=O. The van der Waals surface area contributed by atoms with Crippen LogP contribution >= 0.6 is 11.8 Å².